The smallest absolute Gasteiger partial charge is 0.321 e. The normalized spacial score (nSPS) is 10.0. The average molecular weight is 317 g/mol. The number of urea groups is 1. The van der Waals surface area contributed by atoms with Crippen LogP contribution in [0.4, 0.5) is 4.79 Å². The van der Waals surface area contributed by atoms with E-state index in [4.69, 9.17) is 0 Å². The fourth-order valence-electron chi connectivity index (χ4n) is 1.65. The summed E-state index contributed by atoms with van der Waals surface area (Å²) in [4.78, 5) is 23.2. The van der Waals surface area contributed by atoms with Gasteiger partial charge in [0.25, 0.3) is 5.03 Å². The van der Waals surface area contributed by atoms with Gasteiger partial charge in [-0.1, -0.05) is 30.3 Å². The molecule has 2 aromatic rings. The summed E-state index contributed by atoms with van der Waals surface area (Å²) in [6.07, 6.45) is 1.35. The summed E-state index contributed by atoms with van der Waals surface area (Å²) in [6, 6.07) is 13.7. The van der Waals surface area contributed by atoms with E-state index < -0.39 is 11.9 Å². The van der Waals surface area contributed by atoms with Crippen molar-refractivity contribution in [2.24, 2.45) is 0 Å². The number of thioether (sulfide) groups is 1. The molecule has 114 valence electrons. The number of carbonyl (C=O) groups is 2. The third kappa shape index (κ3) is 5.10. The number of imide groups is 1. The topological polar surface area (TPSA) is 85.1 Å². The van der Waals surface area contributed by atoms with Gasteiger partial charge in [-0.2, -0.15) is 4.73 Å². The molecule has 2 rings (SSSR count). The SMILES string of the molecule is O=C(CSc1cccc[n+]1[O-])NC(=O)NCc1ccccc1. The Kier molecular flexibility index (Phi) is 5.79. The largest absolute Gasteiger partial charge is 0.618 e. The highest BCUT2D eigenvalue weighted by atomic mass is 32.2. The highest BCUT2D eigenvalue weighted by Gasteiger charge is 2.11. The van der Waals surface area contributed by atoms with Crippen LogP contribution < -0.4 is 15.4 Å². The lowest BCUT2D eigenvalue weighted by Gasteiger charge is -2.07. The van der Waals surface area contributed by atoms with Gasteiger partial charge >= 0.3 is 6.03 Å². The third-order valence-electron chi connectivity index (χ3n) is 2.69. The van der Waals surface area contributed by atoms with Crippen molar-refractivity contribution < 1.29 is 14.3 Å². The number of nitrogens with one attached hydrogen (secondary N) is 2. The lowest BCUT2D eigenvalue weighted by atomic mass is 10.2. The van der Waals surface area contributed by atoms with Crippen LogP contribution >= 0.6 is 11.8 Å². The average Bonchev–Trinajstić information content (AvgIpc) is 2.53. The lowest BCUT2D eigenvalue weighted by Crippen LogP contribution is -2.40. The van der Waals surface area contributed by atoms with Gasteiger partial charge in [-0.3, -0.25) is 10.1 Å². The van der Waals surface area contributed by atoms with Crippen molar-refractivity contribution in [2.75, 3.05) is 5.75 Å². The summed E-state index contributed by atoms with van der Waals surface area (Å²) in [7, 11) is 0. The number of hydrogen-bond donors (Lipinski definition) is 2. The van der Waals surface area contributed by atoms with Gasteiger partial charge in [-0.25, -0.2) is 4.79 Å². The van der Waals surface area contributed by atoms with Crippen LogP contribution in [0.2, 0.25) is 0 Å². The van der Waals surface area contributed by atoms with Crippen LogP contribution in [0.5, 0.6) is 0 Å². The second kappa shape index (κ2) is 8.04. The number of rotatable bonds is 5. The maximum atomic E-state index is 11.6. The summed E-state index contributed by atoms with van der Waals surface area (Å²) in [6.45, 7) is 0.340. The zero-order valence-corrected chi connectivity index (χ0v) is 12.5. The molecule has 0 aliphatic heterocycles. The molecule has 0 aliphatic carbocycles. The molecule has 1 aromatic carbocycles. The first-order valence-electron chi connectivity index (χ1n) is 6.58. The van der Waals surface area contributed by atoms with Crippen LogP contribution in [0.1, 0.15) is 5.56 Å². The van der Waals surface area contributed by atoms with E-state index in [1.807, 2.05) is 30.3 Å². The molecule has 0 aliphatic rings. The molecule has 0 saturated carbocycles. The van der Waals surface area contributed by atoms with Crippen LogP contribution in [0.3, 0.4) is 0 Å². The quantitative estimate of drug-likeness (QED) is 0.496. The van der Waals surface area contributed by atoms with Crippen molar-refractivity contribution >= 4 is 23.7 Å². The Balaban J connectivity index is 1.72. The maximum Gasteiger partial charge on any atom is 0.321 e. The Morgan fingerprint density at radius 2 is 1.82 bits per heavy atom. The molecule has 0 unspecified atom stereocenters. The van der Waals surface area contributed by atoms with Crippen LogP contribution in [-0.4, -0.2) is 17.7 Å². The predicted octanol–water partition coefficient (Wildman–Crippen LogP) is 1.44. The number of pyridine rings is 1. The number of hydrogen-bond acceptors (Lipinski definition) is 4. The molecule has 2 N–H and O–H groups in total. The van der Waals surface area contributed by atoms with Crippen molar-refractivity contribution in [1.29, 1.82) is 0 Å². The second-order valence-corrected chi connectivity index (χ2v) is 5.37. The number of amides is 3. The Morgan fingerprint density at radius 3 is 2.55 bits per heavy atom. The summed E-state index contributed by atoms with van der Waals surface area (Å²) < 4.78 is 0.674. The van der Waals surface area contributed by atoms with Crippen LogP contribution in [0.25, 0.3) is 0 Å². The zero-order valence-electron chi connectivity index (χ0n) is 11.7. The number of nitrogens with zero attached hydrogens (tertiary/aromatic N) is 1. The minimum Gasteiger partial charge on any atom is -0.618 e. The second-order valence-electron chi connectivity index (χ2n) is 4.37. The van der Waals surface area contributed by atoms with Crippen molar-refractivity contribution in [2.45, 2.75) is 11.6 Å². The summed E-state index contributed by atoms with van der Waals surface area (Å²) in [5.41, 5.74) is 0.941. The molecule has 0 fully saturated rings. The first kappa shape index (κ1) is 15.8. The molecule has 1 heterocycles. The molecule has 7 heteroatoms. The summed E-state index contributed by atoms with van der Waals surface area (Å²) >= 11 is 1.07. The van der Waals surface area contributed by atoms with E-state index in [2.05, 4.69) is 10.6 Å². The van der Waals surface area contributed by atoms with Crippen molar-refractivity contribution in [3.63, 3.8) is 0 Å². The molecule has 0 radical (unpaired) electrons. The number of carbonyl (C=O) groups excluding carboxylic acids is 2. The van der Waals surface area contributed by atoms with Crippen LogP contribution in [-0.2, 0) is 11.3 Å². The molecule has 0 bridgehead atoms. The van der Waals surface area contributed by atoms with Crippen LogP contribution in [0, 0.1) is 5.21 Å². The van der Waals surface area contributed by atoms with Gasteiger partial charge < -0.3 is 10.5 Å². The molecule has 0 atom stereocenters. The highest BCUT2D eigenvalue weighted by molar-refractivity contribution is 7.99. The van der Waals surface area contributed by atoms with Crippen molar-refractivity contribution in [3.8, 4) is 0 Å². The maximum absolute atomic E-state index is 11.6. The van der Waals surface area contributed by atoms with Gasteiger partial charge in [0.15, 0.2) is 6.20 Å². The van der Waals surface area contributed by atoms with E-state index in [1.165, 1.54) is 6.20 Å². The van der Waals surface area contributed by atoms with Gasteiger partial charge in [0.05, 0.1) is 5.75 Å². The Labute approximate surface area is 132 Å². The molecule has 0 spiro atoms. The third-order valence-corrected chi connectivity index (χ3v) is 3.71. The standard InChI is InChI=1S/C15H15N3O3S/c19-13(11-22-14-8-4-5-9-18(14)21)17-15(20)16-10-12-6-2-1-3-7-12/h1-9H,10-11H2,(H2,16,17,19,20). The molecular weight excluding hydrogens is 302 g/mol. The van der Waals surface area contributed by atoms with Crippen molar-refractivity contribution in [3.05, 3.63) is 65.5 Å². The predicted molar refractivity (Wildman–Crippen MR) is 82.9 cm³/mol. The van der Waals surface area contributed by atoms with E-state index in [0.29, 0.717) is 16.3 Å². The fraction of sp³-hybridized carbons (Fsp3) is 0.133. The first-order chi connectivity index (χ1) is 10.6. The van der Waals surface area contributed by atoms with E-state index in [-0.39, 0.29) is 5.75 Å². The molecular formula is C15H15N3O3S. The molecule has 3 amide bonds. The van der Waals surface area contributed by atoms with E-state index in [0.717, 1.165) is 17.3 Å². The van der Waals surface area contributed by atoms with Gasteiger partial charge in [-0.15, -0.1) is 0 Å². The molecule has 0 saturated heterocycles. The van der Waals surface area contributed by atoms with E-state index in [1.54, 1.807) is 18.2 Å². The lowest BCUT2D eigenvalue weighted by molar-refractivity contribution is -0.645. The van der Waals surface area contributed by atoms with Crippen molar-refractivity contribution in [1.82, 2.24) is 10.6 Å². The Morgan fingerprint density at radius 1 is 1.09 bits per heavy atom. The van der Waals surface area contributed by atoms with Gasteiger partial charge in [0.1, 0.15) is 0 Å². The number of benzene rings is 1. The monoisotopic (exact) mass is 317 g/mol. The molecule has 1 aromatic heterocycles. The summed E-state index contributed by atoms with van der Waals surface area (Å²) in [5, 5.41) is 16.6. The van der Waals surface area contributed by atoms with Gasteiger partial charge in [0.2, 0.25) is 5.91 Å². The zero-order chi connectivity index (χ0) is 15.8. The Bertz CT molecular complexity index is 649. The Hall–Kier alpha value is -2.54. The van der Waals surface area contributed by atoms with E-state index >= 15 is 0 Å². The molecule has 6 nitrogen and oxygen atoms in total. The highest BCUT2D eigenvalue weighted by Crippen LogP contribution is 2.11. The fourth-order valence-corrected chi connectivity index (χ4v) is 2.36. The van der Waals surface area contributed by atoms with Gasteiger partial charge in [-0.05, 0) is 23.4 Å². The number of aromatic nitrogens is 1. The summed E-state index contributed by atoms with van der Waals surface area (Å²) in [5.74, 6) is -0.468. The van der Waals surface area contributed by atoms with Gasteiger partial charge in [0, 0.05) is 18.7 Å². The minimum atomic E-state index is -0.558. The minimum absolute atomic E-state index is 0.00892. The molecule has 22 heavy (non-hydrogen) atoms. The van der Waals surface area contributed by atoms with E-state index in [9.17, 15) is 14.8 Å². The van der Waals surface area contributed by atoms with Crippen LogP contribution in [0.15, 0.2) is 59.8 Å². The first-order valence-corrected chi connectivity index (χ1v) is 7.56.